The molecule has 1 rings (SSSR count). The first-order valence-electron chi connectivity index (χ1n) is 5.15. The monoisotopic (exact) mass is 195 g/mol. The molecule has 0 aliphatic carbocycles. The van der Waals surface area contributed by atoms with Crippen LogP contribution in [0.1, 0.15) is 27.2 Å². The fraction of sp³-hybridized carbons (Fsp3) is 0.500. The predicted molar refractivity (Wildman–Crippen MR) is 58.9 cm³/mol. The molecule has 1 aromatic rings. The number of nitrogens with one attached hydrogen (secondary N) is 1. The Kier molecular flexibility index (Phi) is 3.93. The minimum absolute atomic E-state index is 0.187. The van der Waals surface area contributed by atoms with Crippen LogP contribution in [0.4, 0.5) is 10.1 Å². The lowest BCUT2D eigenvalue weighted by Crippen LogP contribution is -2.24. The second-order valence-electron chi connectivity index (χ2n) is 3.91. The highest BCUT2D eigenvalue weighted by molar-refractivity contribution is 5.43. The minimum Gasteiger partial charge on any atom is -0.382 e. The Morgan fingerprint density at radius 1 is 1.21 bits per heavy atom. The van der Waals surface area contributed by atoms with Crippen molar-refractivity contribution in [1.82, 2.24) is 0 Å². The van der Waals surface area contributed by atoms with Crippen LogP contribution in [0.15, 0.2) is 24.3 Å². The van der Waals surface area contributed by atoms with Crippen molar-refractivity contribution >= 4 is 5.69 Å². The summed E-state index contributed by atoms with van der Waals surface area (Å²) < 4.78 is 12.6. The van der Waals surface area contributed by atoms with E-state index >= 15 is 0 Å². The van der Waals surface area contributed by atoms with Crippen molar-refractivity contribution in [3.05, 3.63) is 30.1 Å². The molecule has 1 atom stereocenters. The molecule has 0 unspecified atom stereocenters. The van der Waals surface area contributed by atoms with Gasteiger partial charge in [-0.15, -0.1) is 0 Å². The van der Waals surface area contributed by atoms with Crippen molar-refractivity contribution < 1.29 is 4.39 Å². The number of anilines is 1. The fourth-order valence-electron chi connectivity index (χ4n) is 1.50. The number of rotatable bonds is 4. The summed E-state index contributed by atoms with van der Waals surface area (Å²) in [5, 5.41) is 3.39. The Morgan fingerprint density at radius 3 is 2.21 bits per heavy atom. The van der Waals surface area contributed by atoms with Gasteiger partial charge >= 0.3 is 0 Å². The zero-order chi connectivity index (χ0) is 10.6. The summed E-state index contributed by atoms with van der Waals surface area (Å²) in [5.74, 6) is 0.401. The van der Waals surface area contributed by atoms with Gasteiger partial charge in [0.2, 0.25) is 0 Å². The van der Waals surface area contributed by atoms with Crippen LogP contribution in [0.3, 0.4) is 0 Å². The molecule has 1 N–H and O–H groups in total. The second-order valence-corrected chi connectivity index (χ2v) is 3.91. The molecule has 0 fully saturated rings. The minimum atomic E-state index is -0.187. The summed E-state index contributed by atoms with van der Waals surface area (Å²) >= 11 is 0. The zero-order valence-corrected chi connectivity index (χ0v) is 9.05. The molecule has 0 amide bonds. The Labute approximate surface area is 85.3 Å². The molecular weight excluding hydrogens is 177 g/mol. The molecule has 0 aliphatic rings. The standard InChI is InChI=1S/C12H18FN/c1-4-12(9(2)3)14-11-7-5-10(13)6-8-11/h5-9,12,14H,4H2,1-3H3/t12-/m1/s1. The maximum atomic E-state index is 12.6. The van der Waals surface area contributed by atoms with E-state index in [9.17, 15) is 4.39 Å². The molecule has 0 radical (unpaired) electrons. The molecule has 14 heavy (non-hydrogen) atoms. The van der Waals surface area contributed by atoms with E-state index in [2.05, 4.69) is 26.1 Å². The highest BCUT2D eigenvalue weighted by Crippen LogP contribution is 2.15. The van der Waals surface area contributed by atoms with Crippen molar-refractivity contribution in [2.24, 2.45) is 5.92 Å². The maximum absolute atomic E-state index is 12.6. The molecule has 0 spiro atoms. The van der Waals surface area contributed by atoms with Crippen LogP contribution in [0.25, 0.3) is 0 Å². The molecular formula is C12H18FN. The van der Waals surface area contributed by atoms with Crippen molar-refractivity contribution in [2.75, 3.05) is 5.32 Å². The summed E-state index contributed by atoms with van der Waals surface area (Å²) in [6.07, 6.45) is 1.08. The van der Waals surface area contributed by atoms with Gasteiger partial charge in [0.05, 0.1) is 0 Å². The summed E-state index contributed by atoms with van der Waals surface area (Å²) in [6, 6.07) is 6.98. The van der Waals surface area contributed by atoms with Crippen LogP contribution in [-0.2, 0) is 0 Å². The number of halogens is 1. The Hall–Kier alpha value is -1.05. The van der Waals surface area contributed by atoms with Crippen LogP contribution in [0, 0.1) is 11.7 Å². The predicted octanol–water partition coefficient (Wildman–Crippen LogP) is 3.67. The molecule has 0 aliphatic heterocycles. The third-order valence-electron chi connectivity index (χ3n) is 2.44. The zero-order valence-electron chi connectivity index (χ0n) is 9.05. The molecule has 78 valence electrons. The highest BCUT2D eigenvalue weighted by Gasteiger charge is 2.09. The third-order valence-corrected chi connectivity index (χ3v) is 2.44. The molecule has 1 nitrogen and oxygen atoms in total. The molecule has 0 saturated heterocycles. The molecule has 0 saturated carbocycles. The van der Waals surface area contributed by atoms with Gasteiger partial charge in [0.1, 0.15) is 5.82 Å². The van der Waals surface area contributed by atoms with Crippen molar-refractivity contribution in [2.45, 2.75) is 33.2 Å². The highest BCUT2D eigenvalue weighted by atomic mass is 19.1. The lowest BCUT2D eigenvalue weighted by Gasteiger charge is -2.21. The van der Waals surface area contributed by atoms with E-state index in [-0.39, 0.29) is 5.82 Å². The number of benzene rings is 1. The lowest BCUT2D eigenvalue weighted by atomic mass is 10.0. The van der Waals surface area contributed by atoms with Crippen LogP contribution in [-0.4, -0.2) is 6.04 Å². The number of hydrogen-bond donors (Lipinski definition) is 1. The largest absolute Gasteiger partial charge is 0.382 e. The molecule has 0 aromatic heterocycles. The van der Waals surface area contributed by atoms with Crippen LogP contribution >= 0.6 is 0 Å². The molecule has 1 aromatic carbocycles. The summed E-state index contributed by atoms with van der Waals surface area (Å²) in [4.78, 5) is 0. The van der Waals surface area contributed by atoms with Gasteiger partial charge in [0.25, 0.3) is 0 Å². The smallest absolute Gasteiger partial charge is 0.123 e. The lowest BCUT2D eigenvalue weighted by molar-refractivity contribution is 0.511. The van der Waals surface area contributed by atoms with Gasteiger partial charge in [-0.05, 0) is 36.6 Å². The van der Waals surface area contributed by atoms with Gasteiger partial charge in [-0.1, -0.05) is 20.8 Å². The van der Waals surface area contributed by atoms with Crippen molar-refractivity contribution in [3.8, 4) is 0 Å². The Bertz CT molecular complexity index is 266. The van der Waals surface area contributed by atoms with E-state index in [1.807, 2.05) is 0 Å². The quantitative estimate of drug-likeness (QED) is 0.773. The first kappa shape index (κ1) is 11.0. The van der Waals surface area contributed by atoms with E-state index in [4.69, 9.17) is 0 Å². The average molecular weight is 195 g/mol. The average Bonchev–Trinajstić information content (AvgIpc) is 2.16. The van der Waals surface area contributed by atoms with Crippen LogP contribution in [0.2, 0.25) is 0 Å². The first-order chi connectivity index (χ1) is 6.63. The van der Waals surface area contributed by atoms with E-state index in [1.165, 1.54) is 12.1 Å². The van der Waals surface area contributed by atoms with Crippen molar-refractivity contribution in [3.63, 3.8) is 0 Å². The third kappa shape index (κ3) is 3.02. The SMILES string of the molecule is CC[C@@H](Nc1ccc(F)cc1)C(C)C. The molecule has 0 heterocycles. The van der Waals surface area contributed by atoms with E-state index in [0.717, 1.165) is 12.1 Å². The van der Waals surface area contributed by atoms with Gasteiger partial charge in [0, 0.05) is 11.7 Å². The summed E-state index contributed by atoms with van der Waals surface area (Å²) in [5.41, 5.74) is 0.993. The molecule has 0 bridgehead atoms. The summed E-state index contributed by atoms with van der Waals surface area (Å²) in [6.45, 7) is 6.52. The second kappa shape index (κ2) is 4.99. The fourth-order valence-corrected chi connectivity index (χ4v) is 1.50. The van der Waals surface area contributed by atoms with E-state index < -0.39 is 0 Å². The topological polar surface area (TPSA) is 12.0 Å². The van der Waals surface area contributed by atoms with Gasteiger partial charge in [-0.2, -0.15) is 0 Å². The maximum Gasteiger partial charge on any atom is 0.123 e. The van der Waals surface area contributed by atoms with Crippen LogP contribution < -0.4 is 5.32 Å². The van der Waals surface area contributed by atoms with Gasteiger partial charge < -0.3 is 5.32 Å². The first-order valence-corrected chi connectivity index (χ1v) is 5.15. The normalized spacial score (nSPS) is 12.9. The van der Waals surface area contributed by atoms with Gasteiger partial charge in [-0.3, -0.25) is 0 Å². The van der Waals surface area contributed by atoms with Gasteiger partial charge in [-0.25, -0.2) is 4.39 Å². The van der Waals surface area contributed by atoms with Gasteiger partial charge in [0.15, 0.2) is 0 Å². The van der Waals surface area contributed by atoms with E-state index in [0.29, 0.717) is 12.0 Å². The summed E-state index contributed by atoms with van der Waals surface area (Å²) in [7, 11) is 0. The molecule has 2 heteroatoms. The number of hydrogen-bond acceptors (Lipinski definition) is 1. The van der Waals surface area contributed by atoms with Crippen molar-refractivity contribution in [1.29, 1.82) is 0 Å². The van der Waals surface area contributed by atoms with E-state index in [1.54, 1.807) is 12.1 Å². The Balaban J connectivity index is 2.63. The van der Waals surface area contributed by atoms with Crippen LogP contribution in [0.5, 0.6) is 0 Å². The Morgan fingerprint density at radius 2 is 1.79 bits per heavy atom.